The average Bonchev–Trinajstić information content (AvgIpc) is 2.86. The van der Waals surface area contributed by atoms with Crippen molar-refractivity contribution in [2.24, 2.45) is 0 Å². The molecule has 1 amide bonds. The summed E-state index contributed by atoms with van der Waals surface area (Å²) in [6, 6.07) is 9.89. The van der Waals surface area contributed by atoms with Crippen molar-refractivity contribution < 1.29 is 4.79 Å². The van der Waals surface area contributed by atoms with Gasteiger partial charge in [0.1, 0.15) is 0 Å². The molecule has 0 bridgehead atoms. The molecule has 0 saturated heterocycles. The van der Waals surface area contributed by atoms with Crippen molar-refractivity contribution in [1.82, 2.24) is 10.2 Å². The number of hydrogen-bond donors (Lipinski definition) is 1. The molecular weight excluding hydrogens is 322 g/mol. The van der Waals surface area contributed by atoms with Crippen molar-refractivity contribution >= 4 is 45.9 Å². The number of thioether (sulfide) groups is 2. The summed E-state index contributed by atoms with van der Waals surface area (Å²) in [4.78, 5) is 13.2. The highest BCUT2D eigenvalue weighted by Gasteiger charge is 2.16. The molecule has 0 aliphatic heterocycles. The molecular formula is C14H17N3OS3. The summed E-state index contributed by atoms with van der Waals surface area (Å²) >= 11 is 4.59. The number of hydrogen-bond acceptors (Lipinski definition) is 6. The lowest BCUT2D eigenvalue weighted by molar-refractivity contribution is -0.115. The van der Waals surface area contributed by atoms with Gasteiger partial charge in [-0.1, -0.05) is 55.1 Å². The van der Waals surface area contributed by atoms with Crippen LogP contribution in [0.2, 0.25) is 0 Å². The molecule has 0 aliphatic carbocycles. The van der Waals surface area contributed by atoms with E-state index in [1.165, 1.54) is 23.1 Å². The van der Waals surface area contributed by atoms with Gasteiger partial charge in [-0.2, -0.15) is 0 Å². The molecule has 1 N–H and O–H groups in total. The number of carbonyl (C=O) groups excluding carboxylic acids is 1. The first-order valence-corrected chi connectivity index (χ1v) is 9.15. The molecule has 1 unspecified atom stereocenters. The van der Waals surface area contributed by atoms with Crippen LogP contribution in [0.25, 0.3) is 0 Å². The monoisotopic (exact) mass is 339 g/mol. The molecule has 112 valence electrons. The molecule has 7 heteroatoms. The van der Waals surface area contributed by atoms with Crippen LogP contribution < -0.4 is 5.32 Å². The van der Waals surface area contributed by atoms with Crippen LogP contribution in [0.3, 0.4) is 0 Å². The Morgan fingerprint density at radius 2 is 1.86 bits per heavy atom. The largest absolute Gasteiger partial charge is 0.300 e. The highest BCUT2D eigenvalue weighted by Crippen LogP contribution is 2.29. The second kappa shape index (κ2) is 7.82. The van der Waals surface area contributed by atoms with E-state index in [1.54, 1.807) is 11.8 Å². The van der Waals surface area contributed by atoms with Gasteiger partial charge < -0.3 is 0 Å². The summed E-state index contributed by atoms with van der Waals surface area (Å²) in [5.74, 6) is -0.0545. The Balaban J connectivity index is 1.90. The van der Waals surface area contributed by atoms with Crippen LogP contribution in [0.1, 0.15) is 20.8 Å². The van der Waals surface area contributed by atoms with Crippen molar-refractivity contribution in [3.8, 4) is 0 Å². The summed E-state index contributed by atoms with van der Waals surface area (Å²) in [5.41, 5.74) is 0. The van der Waals surface area contributed by atoms with E-state index in [4.69, 9.17) is 0 Å². The van der Waals surface area contributed by atoms with Crippen molar-refractivity contribution in [3.63, 3.8) is 0 Å². The number of anilines is 1. The van der Waals surface area contributed by atoms with Gasteiger partial charge in [-0.25, -0.2) is 0 Å². The van der Waals surface area contributed by atoms with Gasteiger partial charge in [-0.3, -0.25) is 10.1 Å². The minimum atomic E-state index is -0.183. The maximum absolute atomic E-state index is 12.1. The van der Waals surface area contributed by atoms with Crippen LogP contribution in [-0.2, 0) is 4.79 Å². The number of benzene rings is 1. The first-order chi connectivity index (χ1) is 10.0. The molecule has 1 aromatic heterocycles. The second-order valence-corrected chi connectivity index (χ2v) is 8.82. The number of amides is 1. The summed E-state index contributed by atoms with van der Waals surface area (Å²) in [6.45, 7) is 6.09. The van der Waals surface area contributed by atoms with Crippen LogP contribution in [0.15, 0.2) is 39.6 Å². The van der Waals surface area contributed by atoms with Crippen LogP contribution in [0, 0.1) is 0 Å². The first kappa shape index (κ1) is 16.3. The predicted molar refractivity (Wildman–Crippen MR) is 91.3 cm³/mol. The zero-order valence-electron chi connectivity index (χ0n) is 12.1. The third-order valence-electron chi connectivity index (χ3n) is 2.40. The number of nitrogens with zero attached hydrogens (tertiary/aromatic N) is 2. The summed E-state index contributed by atoms with van der Waals surface area (Å²) in [6.07, 6.45) is 0. The SMILES string of the molecule is CC(C)Sc1nnc(NC(=O)C(C)Sc2ccccc2)s1. The van der Waals surface area contributed by atoms with Gasteiger partial charge in [0, 0.05) is 10.1 Å². The number of rotatable bonds is 6. The van der Waals surface area contributed by atoms with E-state index in [1.807, 2.05) is 37.3 Å². The predicted octanol–water partition coefficient (Wildman–Crippen LogP) is 4.16. The average molecular weight is 340 g/mol. The molecule has 1 aromatic carbocycles. The zero-order valence-corrected chi connectivity index (χ0v) is 14.5. The van der Waals surface area contributed by atoms with Crippen molar-refractivity contribution in [2.75, 3.05) is 5.32 Å². The maximum atomic E-state index is 12.1. The topological polar surface area (TPSA) is 54.9 Å². The van der Waals surface area contributed by atoms with E-state index in [-0.39, 0.29) is 11.2 Å². The fraction of sp³-hybridized carbons (Fsp3) is 0.357. The molecule has 1 heterocycles. The van der Waals surface area contributed by atoms with Crippen LogP contribution in [0.4, 0.5) is 5.13 Å². The van der Waals surface area contributed by atoms with Crippen LogP contribution in [0.5, 0.6) is 0 Å². The molecule has 0 saturated carbocycles. The summed E-state index contributed by atoms with van der Waals surface area (Å²) < 4.78 is 0.878. The molecule has 1 atom stereocenters. The van der Waals surface area contributed by atoms with Crippen molar-refractivity contribution in [1.29, 1.82) is 0 Å². The molecule has 4 nitrogen and oxygen atoms in total. The number of carbonyl (C=O) groups is 1. The molecule has 2 aromatic rings. The maximum Gasteiger partial charge on any atom is 0.239 e. The lowest BCUT2D eigenvalue weighted by atomic mass is 10.4. The van der Waals surface area contributed by atoms with E-state index in [9.17, 15) is 4.79 Å². The minimum absolute atomic E-state index is 0.0545. The molecule has 0 fully saturated rings. The fourth-order valence-corrected chi connectivity index (χ4v) is 4.34. The quantitative estimate of drug-likeness (QED) is 0.633. The first-order valence-electron chi connectivity index (χ1n) is 6.57. The Bertz CT molecular complexity index is 586. The van der Waals surface area contributed by atoms with Gasteiger partial charge in [0.05, 0.1) is 5.25 Å². The zero-order chi connectivity index (χ0) is 15.2. The fourth-order valence-electron chi connectivity index (χ4n) is 1.47. The Labute approximate surface area is 137 Å². The third kappa shape index (κ3) is 5.33. The van der Waals surface area contributed by atoms with E-state index < -0.39 is 0 Å². The number of aromatic nitrogens is 2. The van der Waals surface area contributed by atoms with Crippen molar-refractivity contribution in [2.45, 2.75) is 40.5 Å². The number of nitrogens with one attached hydrogen (secondary N) is 1. The molecule has 0 aliphatic rings. The lowest BCUT2D eigenvalue weighted by Crippen LogP contribution is -2.22. The standard InChI is InChI=1S/C14H17N3OS3/c1-9(2)19-14-17-16-13(21-14)15-12(18)10(3)20-11-7-5-4-6-8-11/h4-10H,1-3H3,(H,15,16,18). The summed E-state index contributed by atoms with van der Waals surface area (Å²) in [5, 5.41) is 11.7. The van der Waals surface area contributed by atoms with Crippen LogP contribution in [-0.4, -0.2) is 26.6 Å². The molecule has 2 rings (SSSR count). The van der Waals surface area contributed by atoms with E-state index in [0.29, 0.717) is 10.4 Å². The lowest BCUT2D eigenvalue weighted by Gasteiger charge is -2.09. The Morgan fingerprint density at radius 3 is 2.52 bits per heavy atom. The van der Waals surface area contributed by atoms with E-state index >= 15 is 0 Å². The molecule has 0 spiro atoms. The third-order valence-corrected chi connectivity index (χ3v) is 5.44. The molecule has 21 heavy (non-hydrogen) atoms. The van der Waals surface area contributed by atoms with E-state index in [2.05, 4.69) is 29.4 Å². The van der Waals surface area contributed by atoms with Gasteiger partial charge in [0.2, 0.25) is 11.0 Å². The van der Waals surface area contributed by atoms with Gasteiger partial charge in [0.15, 0.2) is 4.34 Å². The van der Waals surface area contributed by atoms with Crippen molar-refractivity contribution in [3.05, 3.63) is 30.3 Å². The normalized spacial score (nSPS) is 12.4. The highest BCUT2D eigenvalue weighted by atomic mass is 32.2. The van der Waals surface area contributed by atoms with Crippen LogP contribution >= 0.6 is 34.9 Å². The Kier molecular flexibility index (Phi) is 6.08. The van der Waals surface area contributed by atoms with Gasteiger partial charge in [-0.15, -0.1) is 22.0 Å². The van der Waals surface area contributed by atoms with Gasteiger partial charge >= 0.3 is 0 Å². The Morgan fingerprint density at radius 1 is 1.14 bits per heavy atom. The summed E-state index contributed by atoms with van der Waals surface area (Å²) in [7, 11) is 0. The Hall–Kier alpha value is -1.05. The smallest absolute Gasteiger partial charge is 0.239 e. The van der Waals surface area contributed by atoms with Gasteiger partial charge in [-0.05, 0) is 19.1 Å². The molecule has 0 radical (unpaired) electrons. The second-order valence-electron chi connectivity index (χ2n) is 4.60. The van der Waals surface area contributed by atoms with E-state index in [0.717, 1.165) is 9.24 Å². The minimum Gasteiger partial charge on any atom is -0.300 e. The highest BCUT2D eigenvalue weighted by molar-refractivity contribution is 8.01. The van der Waals surface area contributed by atoms with Gasteiger partial charge in [0.25, 0.3) is 0 Å².